The van der Waals surface area contributed by atoms with E-state index in [1.165, 1.54) is 17.4 Å². The maximum atomic E-state index is 12.2. The Morgan fingerprint density at radius 2 is 2.00 bits per heavy atom. The van der Waals surface area contributed by atoms with Gasteiger partial charge in [-0.1, -0.05) is 12.1 Å². The molecule has 1 aromatic heterocycles. The molecule has 0 atom stereocenters. The molecule has 5 heteroatoms. The van der Waals surface area contributed by atoms with Crippen LogP contribution in [0.1, 0.15) is 26.4 Å². The molecule has 2 rings (SSSR count). The van der Waals surface area contributed by atoms with E-state index < -0.39 is 5.97 Å². The second-order valence-electron chi connectivity index (χ2n) is 4.68. The summed E-state index contributed by atoms with van der Waals surface area (Å²) < 4.78 is 0. The SMILES string of the molecule is Cc1ccc(C)c(NC(=O)c2csc(C=CC(=O)O)c2)c1. The number of carbonyl (C=O) groups is 2. The van der Waals surface area contributed by atoms with Crippen LogP contribution in [0.15, 0.2) is 35.7 Å². The second kappa shape index (κ2) is 6.37. The fourth-order valence-corrected chi connectivity index (χ4v) is 2.56. The predicted octanol–water partition coefficient (Wildman–Crippen LogP) is 3.72. The van der Waals surface area contributed by atoms with E-state index in [0.29, 0.717) is 5.56 Å². The van der Waals surface area contributed by atoms with Gasteiger partial charge in [0.25, 0.3) is 5.91 Å². The van der Waals surface area contributed by atoms with Crippen LogP contribution in [-0.2, 0) is 4.79 Å². The van der Waals surface area contributed by atoms with Crippen LogP contribution in [0.2, 0.25) is 0 Å². The molecule has 0 aliphatic rings. The van der Waals surface area contributed by atoms with Crippen molar-refractivity contribution in [2.75, 3.05) is 5.32 Å². The number of amides is 1. The number of anilines is 1. The second-order valence-corrected chi connectivity index (χ2v) is 5.62. The van der Waals surface area contributed by atoms with Crippen molar-refractivity contribution >= 4 is 35.0 Å². The number of hydrogen-bond acceptors (Lipinski definition) is 3. The lowest BCUT2D eigenvalue weighted by Gasteiger charge is -2.08. The average Bonchev–Trinajstić information content (AvgIpc) is 2.89. The van der Waals surface area contributed by atoms with Crippen molar-refractivity contribution < 1.29 is 14.7 Å². The van der Waals surface area contributed by atoms with Crippen LogP contribution in [-0.4, -0.2) is 17.0 Å². The molecule has 1 amide bonds. The largest absolute Gasteiger partial charge is 0.478 e. The van der Waals surface area contributed by atoms with Crippen LogP contribution in [0.4, 0.5) is 5.69 Å². The number of thiophene rings is 1. The number of carboxylic acid groups (broad SMARTS) is 1. The van der Waals surface area contributed by atoms with Crippen molar-refractivity contribution in [3.8, 4) is 0 Å². The Labute approximate surface area is 126 Å². The maximum Gasteiger partial charge on any atom is 0.328 e. The standard InChI is InChI=1S/C16H15NO3S/c1-10-3-4-11(2)14(7-10)17-16(20)12-8-13(21-9-12)5-6-15(18)19/h3-9H,1-2H3,(H,17,20)(H,18,19). The number of carboxylic acids is 1. The zero-order chi connectivity index (χ0) is 15.4. The predicted molar refractivity (Wildman–Crippen MR) is 84.9 cm³/mol. The van der Waals surface area contributed by atoms with E-state index in [1.54, 1.807) is 11.4 Å². The lowest BCUT2D eigenvalue weighted by Crippen LogP contribution is -2.11. The summed E-state index contributed by atoms with van der Waals surface area (Å²) in [5.41, 5.74) is 3.38. The summed E-state index contributed by atoms with van der Waals surface area (Å²) in [5.74, 6) is -1.21. The van der Waals surface area contributed by atoms with Crippen LogP contribution in [0.3, 0.4) is 0 Å². The number of aryl methyl sites for hydroxylation is 2. The first kappa shape index (κ1) is 15.0. The number of rotatable bonds is 4. The highest BCUT2D eigenvalue weighted by molar-refractivity contribution is 7.11. The molecule has 2 aromatic rings. The molecule has 0 radical (unpaired) electrons. The zero-order valence-electron chi connectivity index (χ0n) is 11.7. The molecule has 0 fully saturated rings. The third-order valence-electron chi connectivity index (χ3n) is 2.91. The van der Waals surface area contributed by atoms with Gasteiger partial charge in [0.2, 0.25) is 0 Å². The molecule has 21 heavy (non-hydrogen) atoms. The molecule has 4 nitrogen and oxygen atoms in total. The molecule has 0 spiro atoms. The van der Waals surface area contributed by atoms with Gasteiger partial charge in [0, 0.05) is 22.0 Å². The van der Waals surface area contributed by atoms with Crippen molar-refractivity contribution in [1.29, 1.82) is 0 Å². The monoisotopic (exact) mass is 301 g/mol. The number of nitrogens with one attached hydrogen (secondary N) is 1. The first-order valence-electron chi connectivity index (χ1n) is 6.34. The van der Waals surface area contributed by atoms with Gasteiger partial charge in [0.05, 0.1) is 5.56 Å². The highest BCUT2D eigenvalue weighted by Gasteiger charge is 2.10. The minimum absolute atomic E-state index is 0.199. The maximum absolute atomic E-state index is 12.2. The Kier molecular flexibility index (Phi) is 4.55. The molecule has 108 valence electrons. The summed E-state index contributed by atoms with van der Waals surface area (Å²) in [6, 6.07) is 7.54. The minimum Gasteiger partial charge on any atom is -0.478 e. The minimum atomic E-state index is -1.01. The Morgan fingerprint density at radius 1 is 1.24 bits per heavy atom. The van der Waals surface area contributed by atoms with E-state index in [4.69, 9.17) is 5.11 Å². The van der Waals surface area contributed by atoms with Gasteiger partial charge in [-0.3, -0.25) is 4.79 Å². The highest BCUT2D eigenvalue weighted by Crippen LogP contribution is 2.20. The quantitative estimate of drug-likeness (QED) is 0.846. The molecule has 0 aliphatic carbocycles. The van der Waals surface area contributed by atoms with E-state index in [0.717, 1.165) is 27.8 Å². The van der Waals surface area contributed by atoms with E-state index in [2.05, 4.69) is 5.32 Å². The molecule has 1 heterocycles. The van der Waals surface area contributed by atoms with E-state index in [-0.39, 0.29) is 5.91 Å². The summed E-state index contributed by atoms with van der Waals surface area (Å²) in [5, 5.41) is 13.2. The molecule has 0 bridgehead atoms. The van der Waals surface area contributed by atoms with E-state index >= 15 is 0 Å². The van der Waals surface area contributed by atoms with Gasteiger partial charge in [0.1, 0.15) is 0 Å². The normalized spacial score (nSPS) is 10.8. The van der Waals surface area contributed by atoms with Crippen molar-refractivity contribution in [1.82, 2.24) is 0 Å². The Bertz CT molecular complexity index is 716. The van der Waals surface area contributed by atoms with Gasteiger partial charge in [0.15, 0.2) is 0 Å². The third kappa shape index (κ3) is 4.03. The zero-order valence-corrected chi connectivity index (χ0v) is 12.5. The number of hydrogen-bond donors (Lipinski definition) is 2. The van der Waals surface area contributed by atoms with Gasteiger partial charge in [-0.2, -0.15) is 0 Å². The first-order valence-corrected chi connectivity index (χ1v) is 7.22. The molecule has 1 aromatic carbocycles. The van der Waals surface area contributed by atoms with E-state index in [1.807, 2.05) is 32.0 Å². The van der Waals surface area contributed by atoms with Gasteiger partial charge in [-0.05, 0) is 43.2 Å². The van der Waals surface area contributed by atoms with Crippen molar-refractivity contribution in [3.05, 3.63) is 57.3 Å². The van der Waals surface area contributed by atoms with Crippen LogP contribution < -0.4 is 5.32 Å². The average molecular weight is 301 g/mol. The fourth-order valence-electron chi connectivity index (χ4n) is 1.78. The number of carbonyl (C=O) groups excluding carboxylic acids is 1. The first-order chi connectivity index (χ1) is 9.95. The molecular formula is C16H15NO3S. The molecule has 0 aliphatic heterocycles. The third-order valence-corrected chi connectivity index (χ3v) is 3.81. The Hall–Kier alpha value is -2.40. The Morgan fingerprint density at radius 3 is 2.71 bits per heavy atom. The van der Waals surface area contributed by atoms with Crippen molar-refractivity contribution in [3.63, 3.8) is 0 Å². The van der Waals surface area contributed by atoms with Gasteiger partial charge >= 0.3 is 5.97 Å². The van der Waals surface area contributed by atoms with Crippen molar-refractivity contribution in [2.24, 2.45) is 0 Å². The molecule has 2 N–H and O–H groups in total. The molecule has 0 unspecified atom stereocenters. The smallest absolute Gasteiger partial charge is 0.328 e. The van der Waals surface area contributed by atoms with Gasteiger partial charge in [-0.15, -0.1) is 11.3 Å². The summed E-state index contributed by atoms with van der Waals surface area (Å²) in [4.78, 5) is 23.4. The summed E-state index contributed by atoms with van der Waals surface area (Å²) in [6.07, 6.45) is 2.53. The summed E-state index contributed by atoms with van der Waals surface area (Å²) >= 11 is 1.33. The topological polar surface area (TPSA) is 66.4 Å². The Balaban J connectivity index is 2.14. The number of benzene rings is 1. The van der Waals surface area contributed by atoms with Crippen LogP contribution >= 0.6 is 11.3 Å². The van der Waals surface area contributed by atoms with Crippen LogP contribution in [0.5, 0.6) is 0 Å². The fraction of sp³-hybridized carbons (Fsp3) is 0.125. The van der Waals surface area contributed by atoms with E-state index in [9.17, 15) is 9.59 Å². The highest BCUT2D eigenvalue weighted by atomic mass is 32.1. The summed E-state index contributed by atoms with van der Waals surface area (Å²) in [6.45, 7) is 3.90. The lowest BCUT2D eigenvalue weighted by molar-refractivity contribution is -0.131. The summed E-state index contributed by atoms with van der Waals surface area (Å²) in [7, 11) is 0. The number of aliphatic carboxylic acids is 1. The van der Waals surface area contributed by atoms with Crippen molar-refractivity contribution in [2.45, 2.75) is 13.8 Å². The molecule has 0 saturated carbocycles. The lowest BCUT2D eigenvalue weighted by atomic mass is 10.1. The molecule has 0 saturated heterocycles. The molecular weight excluding hydrogens is 286 g/mol. The van der Waals surface area contributed by atoms with Crippen LogP contribution in [0, 0.1) is 13.8 Å². The van der Waals surface area contributed by atoms with Crippen LogP contribution in [0.25, 0.3) is 6.08 Å². The van der Waals surface area contributed by atoms with Gasteiger partial charge in [-0.25, -0.2) is 4.79 Å². The van der Waals surface area contributed by atoms with Gasteiger partial charge < -0.3 is 10.4 Å².